The number of nitrogens with zero attached hydrogens (tertiary/aromatic N) is 2. The highest BCUT2D eigenvalue weighted by atomic mass is 19.1. The predicted molar refractivity (Wildman–Crippen MR) is 92.3 cm³/mol. The Labute approximate surface area is 144 Å². The summed E-state index contributed by atoms with van der Waals surface area (Å²) < 4.78 is 19.1. The Morgan fingerprint density at radius 2 is 2.00 bits per heavy atom. The molecule has 5 heteroatoms. The van der Waals surface area contributed by atoms with E-state index >= 15 is 0 Å². The highest BCUT2D eigenvalue weighted by Crippen LogP contribution is 2.28. The molecule has 1 aliphatic carbocycles. The van der Waals surface area contributed by atoms with Crippen LogP contribution in [0.5, 0.6) is 0 Å². The molecule has 0 amide bonds. The third-order valence-electron chi connectivity index (χ3n) is 4.75. The van der Waals surface area contributed by atoms with E-state index in [2.05, 4.69) is 23.6 Å². The molecule has 1 saturated carbocycles. The summed E-state index contributed by atoms with van der Waals surface area (Å²) in [5, 5.41) is 10.6. The highest BCUT2D eigenvalue weighted by Gasteiger charge is 2.31. The van der Waals surface area contributed by atoms with Crippen LogP contribution in [0.4, 0.5) is 4.39 Å². The van der Waals surface area contributed by atoms with Crippen LogP contribution in [0.1, 0.15) is 32.3 Å². The summed E-state index contributed by atoms with van der Waals surface area (Å²) in [6.45, 7) is 7.91. The second-order valence-electron chi connectivity index (χ2n) is 7.42. The molecule has 1 N–H and O–H groups in total. The predicted octanol–water partition coefficient (Wildman–Crippen LogP) is 2.26. The first-order chi connectivity index (χ1) is 11.5. The molecule has 134 valence electrons. The van der Waals surface area contributed by atoms with Gasteiger partial charge in [0, 0.05) is 38.8 Å². The van der Waals surface area contributed by atoms with Crippen LogP contribution in [0.2, 0.25) is 0 Å². The van der Waals surface area contributed by atoms with Gasteiger partial charge in [-0.05, 0) is 44.4 Å². The van der Waals surface area contributed by atoms with Gasteiger partial charge in [0.25, 0.3) is 0 Å². The average molecular weight is 336 g/mol. The molecule has 1 saturated heterocycles. The van der Waals surface area contributed by atoms with Gasteiger partial charge in [0.05, 0.1) is 18.3 Å². The minimum atomic E-state index is -0.392. The SMILES string of the molecule is CC1CN(CC(O)CN(Cc2cccc(F)c2)C2CC2)CC(C)O1. The summed E-state index contributed by atoms with van der Waals surface area (Å²) in [7, 11) is 0. The number of benzene rings is 1. The minimum absolute atomic E-state index is 0.194. The molecule has 1 aromatic rings. The lowest BCUT2D eigenvalue weighted by Crippen LogP contribution is -2.49. The van der Waals surface area contributed by atoms with E-state index in [9.17, 15) is 9.50 Å². The molecular weight excluding hydrogens is 307 g/mol. The number of ether oxygens (including phenoxy) is 1. The molecule has 24 heavy (non-hydrogen) atoms. The molecule has 4 nitrogen and oxygen atoms in total. The molecule has 0 radical (unpaired) electrons. The molecule has 1 aliphatic heterocycles. The van der Waals surface area contributed by atoms with Crippen LogP contribution in [-0.4, -0.2) is 65.4 Å². The van der Waals surface area contributed by atoms with E-state index in [0.717, 1.165) is 18.7 Å². The Morgan fingerprint density at radius 3 is 2.62 bits per heavy atom. The number of aliphatic hydroxyl groups excluding tert-OH is 1. The Hall–Kier alpha value is -1.01. The number of halogens is 1. The van der Waals surface area contributed by atoms with Gasteiger partial charge >= 0.3 is 0 Å². The smallest absolute Gasteiger partial charge is 0.123 e. The van der Waals surface area contributed by atoms with E-state index in [4.69, 9.17) is 4.74 Å². The fraction of sp³-hybridized carbons (Fsp3) is 0.684. The van der Waals surface area contributed by atoms with Crippen LogP contribution in [0.3, 0.4) is 0 Å². The Balaban J connectivity index is 1.53. The third-order valence-corrected chi connectivity index (χ3v) is 4.75. The average Bonchev–Trinajstić information content (AvgIpc) is 3.29. The number of morpholine rings is 1. The summed E-state index contributed by atoms with van der Waals surface area (Å²) in [5.41, 5.74) is 0.975. The summed E-state index contributed by atoms with van der Waals surface area (Å²) in [6.07, 6.45) is 2.39. The van der Waals surface area contributed by atoms with Crippen molar-refractivity contribution in [2.24, 2.45) is 0 Å². The number of hydrogen-bond acceptors (Lipinski definition) is 4. The maximum atomic E-state index is 13.4. The lowest BCUT2D eigenvalue weighted by molar-refractivity contribution is -0.0782. The number of aliphatic hydroxyl groups is 1. The Bertz CT molecular complexity index is 528. The Kier molecular flexibility index (Phi) is 5.87. The lowest BCUT2D eigenvalue weighted by Gasteiger charge is -2.37. The summed E-state index contributed by atoms with van der Waals surface area (Å²) in [6, 6.07) is 7.30. The van der Waals surface area contributed by atoms with Crippen molar-refractivity contribution in [2.45, 2.75) is 57.6 Å². The van der Waals surface area contributed by atoms with Gasteiger partial charge in [-0.25, -0.2) is 4.39 Å². The molecule has 1 heterocycles. The molecule has 3 atom stereocenters. The van der Waals surface area contributed by atoms with Crippen LogP contribution < -0.4 is 0 Å². The van der Waals surface area contributed by atoms with Crippen LogP contribution in [-0.2, 0) is 11.3 Å². The van der Waals surface area contributed by atoms with Crippen molar-refractivity contribution >= 4 is 0 Å². The number of rotatable bonds is 7. The molecule has 3 unspecified atom stereocenters. The summed E-state index contributed by atoms with van der Waals surface area (Å²) in [5.74, 6) is -0.194. The second kappa shape index (κ2) is 7.91. The first kappa shape index (κ1) is 17.8. The highest BCUT2D eigenvalue weighted by molar-refractivity contribution is 5.16. The monoisotopic (exact) mass is 336 g/mol. The van der Waals surface area contributed by atoms with Crippen LogP contribution in [0.25, 0.3) is 0 Å². The van der Waals surface area contributed by atoms with Crippen molar-refractivity contribution in [1.82, 2.24) is 9.80 Å². The van der Waals surface area contributed by atoms with Gasteiger partial charge in [-0.3, -0.25) is 9.80 Å². The lowest BCUT2D eigenvalue weighted by atomic mass is 10.1. The van der Waals surface area contributed by atoms with Crippen LogP contribution in [0, 0.1) is 5.82 Å². The van der Waals surface area contributed by atoms with Gasteiger partial charge in [0.2, 0.25) is 0 Å². The molecule has 0 aromatic heterocycles. The third kappa shape index (κ3) is 5.24. The van der Waals surface area contributed by atoms with Crippen molar-refractivity contribution < 1.29 is 14.2 Å². The van der Waals surface area contributed by atoms with Gasteiger partial charge < -0.3 is 9.84 Å². The van der Waals surface area contributed by atoms with E-state index in [-0.39, 0.29) is 18.0 Å². The van der Waals surface area contributed by atoms with Crippen molar-refractivity contribution in [1.29, 1.82) is 0 Å². The normalized spacial score (nSPS) is 26.7. The molecule has 1 aromatic carbocycles. The topological polar surface area (TPSA) is 35.9 Å². The van der Waals surface area contributed by atoms with Crippen LogP contribution in [0.15, 0.2) is 24.3 Å². The van der Waals surface area contributed by atoms with E-state index < -0.39 is 6.10 Å². The zero-order valence-electron chi connectivity index (χ0n) is 14.7. The minimum Gasteiger partial charge on any atom is -0.390 e. The van der Waals surface area contributed by atoms with Crippen molar-refractivity contribution in [3.63, 3.8) is 0 Å². The maximum absolute atomic E-state index is 13.4. The van der Waals surface area contributed by atoms with Crippen molar-refractivity contribution in [3.8, 4) is 0 Å². The van der Waals surface area contributed by atoms with E-state index in [1.807, 2.05) is 6.07 Å². The maximum Gasteiger partial charge on any atom is 0.123 e. The molecule has 0 bridgehead atoms. The summed E-state index contributed by atoms with van der Waals surface area (Å²) in [4.78, 5) is 4.59. The molecule has 0 spiro atoms. The number of hydrogen-bond donors (Lipinski definition) is 1. The number of β-amino-alcohol motifs (C(OH)–C–C–N with tert-alkyl or cyclic N) is 1. The van der Waals surface area contributed by atoms with Gasteiger partial charge in [0.15, 0.2) is 0 Å². The van der Waals surface area contributed by atoms with E-state index in [0.29, 0.717) is 25.7 Å². The summed E-state index contributed by atoms with van der Waals surface area (Å²) >= 11 is 0. The second-order valence-corrected chi connectivity index (χ2v) is 7.42. The van der Waals surface area contributed by atoms with Crippen molar-refractivity contribution in [3.05, 3.63) is 35.6 Å². The fourth-order valence-electron chi connectivity index (χ4n) is 3.71. The fourth-order valence-corrected chi connectivity index (χ4v) is 3.71. The largest absolute Gasteiger partial charge is 0.390 e. The van der Waals surface area contributed by atoms with Gasteiger partial charge in [-0.1, -0.05) is 12.1 Å². The van der Waals surface area contributed by atoms with Crippen molar-refractivity contribution in [2.75, 3.05) is 26.2 Å². The Morgan fingerprint density at radius 1 is 1.29 bits per heavy atom. The van der Waals surface area contributed by atoms with Gasteiger partial charge in [0.1, 0.15) is 5.82 Å². The van der Waals surface area contributed by atoms with E-state index in [1.165, 1.54) is 18.9 Å². The quantitative estimate of drug-likeness (QED) is 0.829. The van der Waals surface area contributed by atoms with Gasteiger partial charge in [-0.2, -0.15) is 0 Å². The standard InChI is InChI=1S/C19H29FN2O2/c1-14-9-21(10-15(2)24-14)12-19(23)13-22(18-6-7-18)11-16-4-3-5-17(20)8-16/h3-5,8,14-15,18-19,23H,6-7,9-13H2,1-2H3. The molecular formula is C19H29FN2O2. The zero-order valence-corrected chi connectivity index (χ0v) is 14.7. The molecule has 3 rings (SSSR count). The van der Waals surface area contributed by atoms with E-state index in [1.54, 1.807) is 12.1 Å². The molecule has 2 fully saturated rings. The molecule has 2 aliphatic rings. The zero-order chi connectivity index (χ0) is 17.1. The van der Waals surface area contributed by atoms with Gasteiger partial charge in [-0.15, -0.1) is 0 Å². The van der Waals surface area contributed by atoms with Crippen LogP contribution >= 0.6 is 0 Å². The first-order valence-electron chi connectivity index (χ1n) is 9.04. The first-order valence-corrected chi connectivity index (χ1v) is 9.04.